The molecule has 1 amide bonds. The van der Waals surface area contributed by atoms with Crippen LogP contribution in [0.2, 0.25) is 0 Å². The third-order valence-corrected chi connectivity index (χ3v) is 8.55. The van der Waals surface area contributed by atoms with Crippen molar-refractivity contribution >= 4 is 40.2 Å². The zero-order valence-electron chi connectivity index (χ0n) is 22.3. The molecule has 0 bridgehead atoms. The molecule has 1 fully saturated rings. The van der Waals surface area contributed by atoms with Crippen molar-refractivity contribution in [1.82, 2.24) is 9.38 Å². The van der Waals surface area contributed by atoms with Crippen molar-refractivity contribution in [1.29, 1.82) is 0 Å². The van der Waals surface area contributed by atoms with E-state index in [1.807, 2.05) is 78.0 Å². The van der Waals surface area contributed by atoms with Gasteiger partial charge in [-0.15, -0.1) is 11.3 Å². The number of nitrogen functional groups attached to an aromatic ring is 1. The van der Waals surface area contributed by atoms with Gasteiger partial charge in [0.25, 0.3) is 0 Å². The number of fused-ring (bicyclic) bond motifs is 1. The molecule has 8 heteroatoms. The number of ether oxygens (including phenoxy) is 1. The first kappa shape index (κ1) is 26.0. The lowest BCUT2D eigenvalue weighted by Crippen LogP contribution is -2.42. The molecule has 0 radical (unpaired) electrons. The fourth-order valence-electron chi connectivity index (χ4n) is 5.25. The predicted octanol–water partition coefficient (Wildman–Crippen LogP) is 6.67. The Bertz CT molecular complexity index is 1460. The summed E-state index contributed by atoms with van der Waals surface area (Å²) in [5.41, 5.74) is 10.8. The molecule has 1 aliphatic carbocycles. The highest BCUT2D eigenvalue weighted by Gasteiger charge is 2.33. The number of pyridine rings is 1. The highest BCUT2D eigenvalue weighted by Crippen LogP contribution is 2.40. The molecule has 0 unspecified atom stereocenters. The van der Waals surface area contributed by atoms with E-state index < -0.39 is 5.97 Å². The molecule has 198 valence electrons. The smallest absolute Gasteiger partial charge is 0.350 e. The van der Waals surface area contributed by atoms with E-state index in [0.29, 0.717) is 22.2 Å². The number of rotatable bonds is 6. The average Bonchev–Trinajstić information content (AvgIpc) is 3.53. The second-order valence-corrected chi connectivity index (χ2v) is 11.6. The number of thiophene rings is 1. The molecule has 0 atom stereocenters. The summed E-state index contributed by atoms with van der Waals surface area (Å²) in [7, 11) is 1.38. The van der Waals surface area contributed by atoms with Crippen molar-refractivity contribution in [2.45, 2.75) is 52.5 Å². The van der Waals surface area contributed by atoms with E-state index in [1.165, 1.54) is 18.4 Å². The van der Waals surface area contributed by atoms with E-state index in [2.05, 4.69) is 6.92 Å². The maximum absolute atomic E-state index is 13.7. The molecule has 4 aromatic rings. The lowest BCUT2D eigenvalue weighted by Gasteiger charge is -2.33. The maximum Gasteiger partial charge on any atom is 0.350 e. The van der Waals surface area contributed by atoms with Crippen LogP contribution in [0.1, 0.15) is 56.1 Å². The number of amides is 1. The van der Waals surface area contributed by atoms with Gasteiger partial charge in [0.15, 0.2) is 0 Å². The van der Waals surface area contributed by atoms with Crippen LogP contribution in [0.25, 0.3) is 27.3 Å². The van der Waals surface area contributed by atoms with Crippen molar-refractivity contribution in [2.75, 3.05) is 17.7 Å². The minimum absolute atomic E-state index is 0.0116. The van der Waals surface area contributed by atoms with Crippen LogP contribution in [0, 0.1) is 11.8 Å². The summed E-state index contributed by atoms with van der Waals surface area (Å²) in [5.74, 6) is 0.325. The Morgan fingerprint density at radius 2 is 1.74 bits per heavy atom. The Morgan fingerprint density at radius 3 is 2.39 bits per heavy atom. The molecule has 3 aromatic heterocycles. The van der Waals surface area contributed by atoms with Crippen LogP contribution in [0.3, 0.4) is 0 Å². The SMILES string of the molecule is COC(=O)c1sc(-c2ccc(-c3cn4cc(N)ccc4n3)cc2)cc1N(C(=O)C1CCC(C)CC1)C(C)C. The van der Waals surface area contributed by atoms with Crippen LogP contribution < -0.4 is 10.6 Å². The number of imidazole rings is 1. The van der Waals surface area contributed by atoms with Crippen LogP contribution in [-0.4, -0.2) is 34.4 Å². The van der Waals surface area contributed by atoms with Crippen LogP contribution >= 0.6 is 11.3 Å². The summed E-state index contributed by atoms with van der Waals surface area (Å²) in [6.45, 7) is 6.25. The summed E-state index contributed by atoms with van der Waals surface area (Å²) in [5, 5.41) is 0. The number of hydrogen-bond donors (Lipinski definition) is 1. The van der Waals surface area contributed by atoms with Gasteiger partial charge in [-0.3, -0.25) is 4.79 Å². The van der Waals surface area contributed by atoms with Gasteiger partial charge in [0.2, 0.25) is 5.91 Å². The van der Waals surface area contributed by atoms with E-state index in [-0.39, 0.29) is 17.9 Å². The third-order valence-electron chi connectivity index (χ3n) is 7.40. The van der Waals surface area contributed by atoms with Crippen LogP contribution in [0.4, 0.5) is 11.4 Å². The number of carbonyl (C=O) groups excluding carboxylic acids is 2. The second kappa shape index (κ2) is 10.6. The fourth-order valence-corrected chi connectivity index (χ4v) is 6.32. The minimum Gasteiger partial charge on any atom is -0.465 e. The lowest BCUT2D eigenvalue weighted by atomic mass is 9.82. The first-order valence-corrected chi connectivity index (χ1v) is 14.0. The molecule has 38 heavy (non-hydrogen) atoms. The largest absolute Gasteiger partial charge is 0.465 e. The van der Waals surface area contributed by atoms with Gasteiger partial charge >= 0.3 is 5.97 Å². The number of nitrogens with zero attached hydrogens (tertiary/aromatic N) is 3. The third kappa shape index (κ3) is 5.05. The van der Waals surface area contributed by atoms with Crippen LogP contribution in [0.15, 0.2) is 54.9 Å². The molecular formula is C30H34N4O3S. The number of methoxy groups -OCH3 is 1. The van der Waals surface area contributed by atoms with Gasteiger partial charge in [0.05, 0.1) is 18.5 Å². The van der Waals surface area contributed by atoms with E-state index >= 15 is 0 Å². The Balaban J connectivity index is 1.47. The van der Waals surface area contributed by atoms with Gasteiger partial charge in [-0.25, -0.2) is 9.78 Å². The summed E-state index contributed by atoms with van der Waals surface area (Å²) in [4.78, 5) is 34.4. The van der Waals surface area contributed by atoms with E-state index in [1.54, 1.807) is 0 Å². The minimum atomic E-state index is -0.424. The zero-order chi connectivity index (χ0) is 27.0. The van der Waals surface area contributed by atoms with Gasteiger partial charge in [0.1, 0.15) is 10.5 Å². The Kier molecular flexibility index (Phi) is 7.25. The van der Waals surface area contributed by atoms with Gasteiger partial charge in [-0.1, -0.05) is 31.2 Å². The Hall–Kier alpha value is -3.65. The molecule has 3 heterocycles. The number of anilines is 2. The van der Waals surface area contributed by atoms with Crippen molar-refractivity contribution in [3.8, 4) is 21.7 Å². The highest BCUT2D eigenvalue weighted by molar-refractivity contribution is 7.18. The molecule has 1 aromatic carbocycles. The van der Waals surface area contributed by atoms with E-state index in [4.69, 9.17) is 15.5 Å². The fraction of sp³-hybridized carbons (Fsp3) is 0.367. The van der Waals surface area contributed by atoms with E-state index in [0.717, 1.165) is 53.0 Å². The number of nitrogens with two attached hydrogens (primary N) is 1. The highest BCUT2D eigenvalue weighted by atomic mass is 32.1. The molecule has 5 rings (SSSR count). The summed E-state index contributed by atoms with van der Waals surface area (Å²) in [6, 6.07) is 13.7. The molecule has 0 saturated heterocycles. The topological polar surface area (TPSA) is 89.9 Å². The summed E-state index contributed by atoms with van der Waals surface area (Å²) >= 11 is 1.36. The Morgan fingerprint density at radius 1 is 1.05 bits per heavy atom. The van der Waals surface area contributed by atoms with Crippen LogP contribution in [-0.2, 0) is 9.53 Å². The predicted molar refractivity (Wildman–Crippen MR) is 153 cm³/mol. The van der Waals surface area contributed by atoms with Gasteiger partial charge in [-0.05, 0) is 69.2 Å². The molecule has 2 N–H and O–H groups in total. The molecule has 0 aliphatic heterocycles. The maximum atomic E-state index is 13.7. The van der Waals surface area contributed by atoms with Crippen molar-refractivity contribution < 1.29 is 14.3 Å². The second-order valence-electron chi connectivity index (χ2n) is 10.5. The van der Waals surface area contributed by atoms with Gasteiger partial charge in [0, 0.05) is 40.5 Å². The summed E-state index contributed by atoms with van der Waals surface area (Å²) < 4.78 is 7.04. The molecule has 1 aliphatic rings. The molecule has 0 spiro atoms. The molecule has 7 nitrogen and oxygen atoms in total. The monoisotopic (exact) mass is 530 g/mol. The molecule has 1 saturated carbocycles. The normalized spacial score (nSPS) is 17.6. The number of benzene rings is 1. The van der Waals surface area contributed by atoms with Crippen molar-refractivity contribution in [2.24, 2.45) is 11.8 Å². The zero-order valence-corrected chi connectivity index (χ0v) is 23.1. The Labute approximate surface area is 227 Å². The summed E-state index contributed by atoms with van der Waals surface area (Å²) in [6.07, 6.45) is 7.71. The van der Waals surface area contributed by atoms with Crippen LogP contribution in [0.5, 0.6) is 0 Å². The van der Waals surface area contributed by atoms with E-state index in [9.17, 15) is 9.59 Å². The average molecular weight is 531 g/mol. The number of hydrogen-bond acceptors (Lipinski definition) is 6. The molecular weight excluding hydrogens is 496 g/mol. The van der Waals surface area contributed by atoms with Crippen molar-refractivity contribution in [3.05, 3.63) is 59.7 Å². The van der Waals surface area contributed by atoms with Gasteiger partial charge < -0.3 is 19.8 Å². The first-order chi connectivity index (χ1) is 18.2. The number of carbonyl (C=O) groups is 2. The lowest BCUT2D eigenvalue weighted by molar-refractivity contribution is -0.123. The quantitative estimate of drug-likeness (QED) is 0.281. The van der Waals surface area contributed by atoms with Crippen molar-refractivity contribution in [3.63, 3.8) is 0 Å². The first-order valence-electron chi connectivity index (χ1n) is 13.2. The van der Waals surface area contributed by atoms with Gasteiger partial charge in [-0.2, -0.15) is 0 Å². The number of esters is 1. The number of aromatic nitrogens is 2. The standard InChI is InChI=1S/C30H34N4O3S/c1-18(2)34(29(35)22-7-5-19(3)6-8-22)25-15-26(38-28(25)30(36)37-4)21-11-9-20(10-12-21)24-17-33-16-23(31)13-14-27(33)32-24/h9-19,22H,5-8,31H2,1-4H3.